The van der Waals surface area contributed by atoms with Crippen LogP contribution in [-0.2, 0) is 6.54 Å². The van der Waals surface area contributed by atoms with Crippen molar-refractivity contribution < 1.29 is 0 Å². The van der Waals surface area contributed by atoms with Crippen molar-refractivity contribution in [2.24, 2.45) is 0 Å². The van der Waals surface area contributed by atoms with E-state index in [-0.39, 0.29) is 0 Å². The summed E-state index contributed by atoms with van der Waals surface area (Å²) in [6, 6.07) is 10.3. The normalized spacial score (nSPS) is 10.7. The summed E-state index contributed by atoms with van der Waals surface area (Å²) in [7, 11) is 0. The van der Waals surface area contributed by atoms with Gasteiger partial charge in [0.2, 0.25) is 5.13 Å². The van der Waals surface area contributed by atoms with Gasteiger partial charge in [0.05, 0.1) is 5.52 Å². The van der Waals surface area contributed by atoms with Gasteiger partial charge in [-0.05, 0) is 24.6 Å². The molecule has 0 aliphatic heterocycles. The number of aryl methyl sites for hydroxylation is 1. The Kier molecular flexibility index (Phi) is 2.90. The maximum Gasteiger partial charge on any atom is 0.205 e. The largest absolute Gasteiger partial charge is 0.356 e. The maximum atomic E-state index is 4.53. The van der Waals surface area contributed by atoms with Crippen molar-refractivity contribution in [3.05, 3.63) is 47.1 Å². The lowest BCUT2D eigenvalue weighted by atomic mass is 10.1. The standard InChI is InChI=1S/C13H12N4S/c1-9-6-10(7-14-13-17-15-8-18-13)11-4-2-3-5-12(11)16-9/h2-6,8H,7H2,1H3,(H,14,17). The molecule has 0 radical (unpaired) electrons. The molecule has 3 rings (SSSR count). The Morgan fingerprint density at radius 2 is 2.17 bits per heavy atom. The minimum absolute atomic E-state index is 0.735. The number of fused-ring (bicyclic) bond motifs is 1. The number of rotatable bonds is 3. The zero-order valence-corrected chi connectivity index (χ0v) is 10.7. The van der Waals surface area contributed by atoms with Gasteiger partial charge in [0.25, 0.3) is 0 Å². The van der Waals surface area contributed by atoms with E-state index in [0.717, 1.165) is 22.9 Å². The Balaban J connectivity index is 1.95. The summed E-state index contributed by atoms with van der Waals surface area (Å²) < 4.78 is 0. The van der Waals surface area contributed by atoms with Crippen LogP contribution >= 0.6 is 11.3 Å². The average molecular weight is 256 g/mol. The molecule has 0 saturated heterocycles. The highest BCUT2D eigenvalue weighted by Crippen LogP contribution is 2.19. The van der Waals surface area contributed by atoms with E-state index in [2.05, 4.69) is 32.6 Å². The Morgan fingerprint density at radius 1 is 1.28 bits per heavy atom. The van der Waals surface area contributed by atoms with Gasteiger partial charge in [-0.1, -0.05) is 29.5 Å². The molecule has 18 heavy (non-hydrogen) atoms. The van der Waals surface area contributed by atoms with E-state index >= 15 is 0 Å². The van der Waals surface area contributed by atoms with Gasteiger partial charge in [0.1, 0.15) is 5.51 Å². The lowest BCUT2D eigenvalue weighted by molar-refractivity contribution is 1.05. The summed E-state index contributed by atoms with van der Waals surface area (Å²) in [5.41, 5.74) is 5.01. The van der Waals surface area contributed by atoms with Crippen LogP contribution in [0.3, 0.4) is 0 Å². The lowest BCUT2D eigenvalue weighted by Gasteiger charge is -2.08. The van der Waals surface area contributed by atoms with Crippen LogP contribution < -0.4 is 5.32 Å². The molecule has 2 heterocycles. The van der Waals surface area contributed by atoms with Crippen molar-refractivity contribution in [3.63, 3.8) is 0 Å². The first-order chi connectivity index (χ1) is 8.83. The smallest absolute Gasteiger partial charge is 0.205 e. The molecule has 0 saturated carbocycles. The van der Waals surface area contributed by atoms with Crippen molar-refractivity contribution >= 4 is 27.4 Å². The van der Waals surface area contributed by atoms with Crippen molar-refractivity contribution in [1.29, 1.82) is 0 Å². The van der Waals surface area contributed by atoms with E-state index in [4.69, 9.17) is 0 Å². The lowest BCUT2D eigenvalue weighted by Crippen LogP contribution is -2.01. The molecule has 1 N–H and O–H groups in total. The summed E-state index contributed by atoms with van der Waals surface area (Å²) in [5, 5.41) is 13.1. The van der Waals surface area contributed by atoms with E-state index < -0.39 is 0 Å². The van der Waals surface area contributed by atoms with Crippen molar-refractivity contribution in [3.8, 4) is 0 Å². The second kappa shape index (κ2) is 4.70. The first-order valence-electron chi connectivity index (χ1n) is 5.68. The number of hydrogen-bond acceptors (Lipinski definition) is 5. The van der Waals surface area contributed by atoms with Gasteiger partial charge >= 0.3 is 0 Å². The molecule has 3 aromatic rings. The molecule has 0 atom stereocenters. The number of nitrogens with one attached hydrogen (secondary N) is 1. The third-order valence-corrected chi connectivity index (χ3v) is 3.37. The highest BCUT2D eigenvalue weighted by Gasteiger charge is 2.04. The number of hydrogen-bond donors (Lipinski definition) is 1. The second-order valence-electron chi connectivity index (χ2n) is 4.04. The fourth-order valence-electron chi connectivity index (χ4n) is 1.96. The molecule has 0 unspecified atom stereocenters. The van der Waals surface area contributed by atoms with E-state index in [0.29, 0.717) is 0 Å². The number of pyridine rings is 1. The second-order valence-corrected chi connectivity index (χ2v) is 4.87. The Morgan fingerprint density at radius 3 is 3.00 bits per heavy atom. The molecule has 1 aromatic carbocycles. The first kappa shape index (κ1) is 11.1. The topological polar surface area (TPSA) is 50.7 Å². The van der Waals surface area contributed by atoms with Crippen molar-refractivity contribution in [2.45, 2.75) is 13.5 Å². The zero-order chi connectivity index (χ0) is 12.4. The van der Waals surface area contributed by atoms with Crippen LogP contribution in [0, 0.1) is 6.92 Å². The van der Waals surface area contributed by atoms with Gasteiger partial charge in [0, 0.05) is 17.6 Å². The predicted octanol–water partition coefficient (Wildman–Crippen LogP) is 3.01. The molecule has 90 valence electrons. The molecule has 0 aliphatic rings. The van der Waals surface area contributed by atoms with Crippen LogP contribution in [-0.4, -0.2) is 15.2 Å². The van der Waals surface area contributed by atoms with Crippen molar-refractivity contribution in [1.82, 2.24) is 15.2 Å². The van der Waals surface area contributed by atoms with Crippen LogP contribution in [0.2, 0.25) is 0 Å². The SMILES string of the molecule is Cc1cc(CNc2nncs2)c2ccccc2n1. The van der Waals surface area contributed by atoms with Crippen LogP contribution in [0.25, 0.3) is 10.9 Å². The Bertz CT molecular complexity index is 664. The third-order valence-electron chi connectivity index (χ3n) is 2.72. The molecule has 4 nitrogen and oxygen atoms in total. The van der Waals surface area contributed by atoms with E-state index in [9.17, 15) is 0 Å². The maximum absolute atomic E-state index is 4.53. The zero-order valence-electron chi connectivity index (χ0n) is 9.92. The van der Waals surface area contributed by atoms with Gasteiger partial charge in [0.15, 0.2) is 0 Å². The Labute approximate surface area is 109 Å². The summed E-state index contributed by atoms with van der Waals surface area (Å²) in [6.45, 7) is 2.75. The van der Waals surface area contributed by atoms with Gasteiger partial charge in [-0.3, -0.25) is 4.98 Å². The average Bonchev–Trinajstić information content (AvgIpc) is 2.89. The van der Waals surface area contributed by atoms with Gasteiger partial charge in [-0.25, -0.2) is 0 Å². The highest BCUT2D eigenvalue weighted by molar-refractivity contribution is 7.13. The molecular weight excluding hydrogens is 244 g/mol. The van der Waals surface area contributed by atoms with Gasteiger partial charge < -0.3 is 5.32 Å². The van der Waals surface area contributed by atoms with Crippen LogP contribution in [0.15, 0.2) is 35.8 Å². The van der Waals surface area contributed by atoms with Crippen LogP contribution in [0.5, 0.6) is 0 Å². The number of nitrogens with zero attached hydrogens (tertiary/aromatic N) is 3. The molecule has 5 heteroatoms. The first-order valence-corrected chi connectivity index (χ1v) is 6.56. The minimum atomic E-state index is 0.735. The molecule has 0 amide bonds. The number of aromatic nitrogens is 3. The van der Waals surface area contributed by atoms with Gasteiger partial charge in [-0.15, -0.1) is 10.2 Å². The minimum Gasteiger partial charge on any atom is -0.356 e. The highest BCUT2D eigenvalue weighted by atomic mass is 32.1. The molecule has 0 fully saturated rings. The molecular formula is C13H12N4S. The van der Waals surface area contributed by atoms with Crippen molar-refractivity contribution in [2.75, 3.05) is 5.32 Å². The molecule has 2 aromatic heterocycles. The van der Waals surface area contributed by atoms with Crippen LogP contribution in [0.1, 0.15) is 11.3 Å². The summed E-state index contributed by atoms with van der Waals surface area (Å²) in [5.74, 6) is 0. The molecule has 0 aliphatic carbocycles. The third kappa shape index (κ3) is 2.17. The van der Waals surface area contributed by atoms with Gasteiger partial charge in [-0.2, -0.15) is 0 Å². The van der Waals surface area contributed by atoms with E-state index in [1.807, 2.05) is 25.1 Å². The van der Waals surface area contributed by atoms with Crippen LogP contribution in [0.4, 0.5) is 5.13 Å². The summed E-state index contributed by atoms with van der Waals surface area (Å²) >= 11 is 1.50. The number of para-hydroxylation sites is 1. The molecule has 0 spiro atoms. The monoisotopic (exact) mass is 256 g/mol. The van der Waals surface area contributed by atoms with E-state index in [1.54, 1.807) is 5.51 Å². The summed E-state index contributed by atoms with van der Waals surface area (Å²) in [4.78, 5) is 4.53. The molecule has 0 bridgehead atoms. The number of benzene rings is 1. The Hall–Kier alpha value is -2.01. The fraction of sp³-hybridized carbons (Fsp3) is 0.154. The predicted molar refractivity (Wildman–Crippen MR) is 73.7 cm³/mol. The fourth-order valence-corrected chi connectivity index (χ4v) is 2.41. The number of anilines is 1. The van der Waals surface area contributed by atoms with E-state index in [1.165, 1.54) is 22.3 Å². The summed E-state index contributed by atoms with van der Waals surface area (Å²) in [6.07, 6.45) is 0. The quantitative estimate of drug-likeness (QED) is 0.782.